The second-order valence-electron chi connectivity index (χ2n) is 4.86. The van der Waals surface area contributed by atoms with Gasteiger partial charge in [0.2, 0.25) is 5.91 Å². The number of hydrogen-bond donors (Lipinski definition) is 0. The zero-order valence-corrected chi connectivity index (χ0v) is 11.7. The summed E-state index contributed by atoms with van der Waals surface area (Å²) in [5.41, 5.74) is 2.01. The number of carbonyl (C=O) groups is 1. The van der Waals surface area contributed by atoms with Crippen LogP contribution in [0.2, 0.25) is 0 Å². The molecule has 0 N–H and O–H groups in total. The Bertz CT molecular complexity index is 565. The third-order valence-electron chi connectivity index (χ3n) is 3.42. The van der Waals surface area contributed by atoms with E-state index in [-0.39, 0.29) is 17.8 Å². The molecule has 3 heteroatoms. The van der Waals surface area contributed by atoms with Crippen LogP contribution in [0.4, 0.5) is 4.39 Å². The van der Waals surface area contributed by atoms with Crippen molar-refractivity contribution in [3.63, 3.8) is 0 Å². The maximum atomic E-state index is 12.9. The van der Waals surface area contributed by atoms with E-state index in [1.165, 1.54) is 12.1 Å². The first-order valence-corrected chi connectivity index (χ1v) is 6.64. The zero-order valence-electron chi connectivity index (χ0n) is 11.7. The number of hydrogen-bond acceptors (Lipinski definition) is 1. The number of rotatable bonds is 4. The van der Waals surface area contributed by atoms with Crippen LogP contribution in [-0.4, -0.2) is 10.8 Å². The van der Waals surface area contributed by atoms with Crippen molar-refractivity contribution in [2.24, 2.45) is 0 Å². The van der Waals surface area contributed by atoms with Gasteiger partial charge in [-0.15, -0.1) is 0 Å². The van der Waals surface area contributed by atoms with Crippen molar-refractivity contribution < 1.29 is 9.18 Å². The van der Waals surface area contributed by atoms with Crippen LogP contribution in [0, 0.1) is 5.82 Å². The fraction of sp³-hybridized carbons (Fsp3) is 0.235. The van der Waals surface area contributed by atoms with Crippen molar-refractivity contribution >= 4 is 5.91 Å². The van der Waals surface area contributed by atoms with Crippen molar-refractivity contribution in [3.05, 3.63) is 71.5 Å². The van der Waals surface area contributed by atoms with Crippen molar-refractivity contribution in [1.82, 2.24) is 4.90 Å². The lowest BCUT2D eigenvalue weighted by molar-refractivity contribution is -0.131. The number of halogens is 1. The average molecular weight is 271 g/mol. The molecule has 0 aliphatic carbocycles. The molecular formula is C17H18FNO. The van der Waals surface area contributed by atoms with E-state index in [4.69, 9.17) is 0 Å². The minimum absolute atomic E-state index is 0.00526. The Morgan fingerprint density at radius 2 is 1.70 bits per heavy atom. The molecule has 20 heavy (non-hydrogen) atoms. The molecule has 0 aliphatic heterocycles. The maximum absolute atomic E-state index is 12.9. The van der Waals surface area contributed by atoms with Gasteiger partial charge < -0.3 is 4.90 Å². The Balaban J connectivity index is 2.19. The van der Waals surface area contributed by atoms with E-state index in [1.807, 2.05) is 37.3 Å². The van der Waals surface area contributed by atoms with Gasteiger partial charge in [-0.3, -0.25) is 4.79 Å². The minimum atomic E-state index is -0.265. The first-order valence-electron chi connectivity index (χ1n) is 6.64. The highest BCUT2D eigenvalue weighted by molar-refractivity contribution is 5.73. The Morgan fingerprint density at radius 3 is 2.25 bits per heavy atom. The Kier molecular flexibility index (Phi) is 4.51. The van der Waals surface area contributed by atoms with Crippen LogP contribution in [0.15, 0.2) is 54.6 Å². The second-order valence-corrected chi connectivity index (χ2v) is 4.86. The molecule has 2 rings (SSSR count). The van der Waals surface area contributed by atoms with Gasteiger partial charge in [0.05, 0.1) is 6.04 Å². The van der Waals surface area contributed by atoms with Crippen LogP contribution in [0.25, 0.3) is 0 Å². The molecule has 2 aromatic carbocycles. The van der Waals surface area contributed by atoms with Gasteiger partial charge in [-0.1, -0.05) is 42.5 Å². The summed E-state index contributed by atoms with van der Waals surface area (Å²) in [7, 11) is 0. The Labute approximate surface area is 118 Å². The summed E-state index contributed by atoms with van der Waals surface area (Å²) in [4.78, 5) is 13.7. The molecule has 0 spiro atoms. The first-order chi connectivity index (χ1) is 9.58. The summed E-state index contributed by atoms with van der Waals surface area (Å²) in [5.74, 6) is -0.259. The second kappa shape index (κ2) is 6.33. The van der Waals surface area contributed by atoms with E-state index in [1.54, 1.807) is 24.0 Å². The van der Waals surface area contributed by atoms with Gasteiger partial charge in [-0.2, -0.15) is 0 Å². The summed E-state index contributed by atoms with van der Waals surface area (Å²) in [6.07, 6.45) is 0. The molecular weight excluding hydrogens is 253 g/mol. The molecule has 0 saturated carbocycles. The Morgan fingerprint density at radius 1 is 1.10 bits per heavy atom. The van der Waals surface area contributed by atoms with Gasteiger partial charge in [0.15, 0.2) is 0 Å². The van der Waals surface area contributed by atoms with Crippen LogP contribution in [0.3, 0.4) is 0 Å². The topological polar surface area (TPSA) is 20.3 Å². The molecule has 1 atom stereocenters. The number of nitrogens with zero attached hydrogens (tertiary/aromatic N) is 1. The highest BCUT2D eigenvalue weighted by atomic mass is 19.1. The van der Waals surface area contributed by atoms with Gasteiger partial charge in [0, 0.05) is 13.5 Å². The van der Waals surface area contributed by atoms with Crippen molar-refractivity contribution in [1.29, 1.82) is 0 Å². The van der Waals surface area contributed by atoms with E-state index < -0.39 is 0 Å². The van der Waals surface area contributed by atoms with E-state index in [0.717, 1.165) is 11.1 Å². The Hall–Kier alpha value is -2.16. The fourth-order valence-electron chi connectivity index (χ4n) is 2.22. The predicted molar refractivity (Wildman–Crippen MR) is 77.5 cm³/mol. The summed E-state index contributed by atoms with van der Waals surface area (Å²) in [6, 6.07) is 16.1. The van der Waals surface area contributed by atoms with E-state index in [9.17, 15) is 9.18 Å². The molecule has 1 amide bonds. The minimum Gasteiger partial charge on any atom is -0.332 e. The first kappa shape index (κ1) is 14.3. The molecule has 0 saturated heterocycles. The largest absolute Gasteiger partial charge is 0.332 e. The number of carbonyl (C=O) groups excluding carboxylic acids is 1. The molecule has 0 fully saturated rings. The third kappa shape index (κ3) is 3.44. The lowest BCUT2D eigenvalue weighted by atomic mass is 10.1. The summed E-state index contributed by atoms with van der Waals surface area (Å²) in [5, 5.41) is 0. The quantitative estimate of drug-likeness (QED) is 0.825. The van der Waals surface area contributed by atoms with Gasteiger partial charge in [-0.05, 0) is 30.2 Å². The average Bonchev–Trinajstić information content (AvgIpc) is 2.46. The van der Waals surface area contributed by atoms with Crippen LogP contribution in [0.1, 0.15) is 31.0 Å². The maximum Gasteiger partial charge on any atom is 0.220 e. The smallest absolute Gasteiger partial charge is 0.220 e. The van der Waals surface area contributed by atoms with E-state index in [2.05, 4.69) is 0 Å². The monoisotopic (exact) mass is 271 g/mol. The van der Waals surface area contributed by atoms with Gasteiger partial charge >= 0.3 is 0 Å². The van der Waals surface area contributed by atoms with Gasteiger partial charge in [-0.25, -0.2) is 4.39 Å². The number of benzene rings is 2. The van der Waals surface area contributed by atoms with Crippen molar-refractivity contribution in [2.75, 3.05) is 0 Å². The molecule has 0 aromatic heterocycles. The van der Waals surface area contributed by atoms with Crippen LogP contribution in [0.5, 0.6) is 0 Å². The van der Waals surface area contributed by atoms with Crippen molar-refractivity contribution in [3.8, 4) is 0 Å². The summed E-state index contributed by atoms with van der Waals surface area (Å²) >= 11 is 0. The summed E-state index contributed by atoms with van der Waals surface area (Å²) in [6.45, 7) is 4.04. The third-order valence-corrected chi connectivity index (χ3v) is 3.42. The SMILES string of the molecule is CC(=O)N(Cc1ccc(F)cc1)C(C)c1ccccc1. The van der Waals surface area contributed by atoms with Crippen LogP contribution >= 0.6 is 0 Å². The highest BCUT2D eigenvalue weighted by Gasteiger charge is 2.18. The fourth-order valence-corrected chi connectivity index (χ4v) is 2.22. The molecule has 104 valence electrons. The summed E-state index contributed by atoms with van der Waals surface area (Å²) < 4.78 is 12.9. The molecule has 0 aliphatic rings. The predicted octanol–water partition coefficient (Wildman–Crippen LogP) is 3.94. The lowest BCUT2D eigenvalue weighted by Crippen LogP contribution is -2.31. The molecule has 1 unspecified atom stereocenters. The van der Waals surface area contributed by atoms with E-state index >= 15 is 0 Å². The highest BCUT2D eigenvalue weighted by Crippen LogP contribution is 2.22. The molecule has 0 bridgehead atoms. The van der Waals surface area contributed by atoms with Gasteiger partial charge in [0.25, 0.3) is 0 Å². The van der Waals surface area contributed by atoms with Crippen LogP contribution < -0.4 is 0 Å². The molecule has 2 aromatic rings. The molecule has 0 heterocycles. The van der Waals surface area contributed by atoms with Gasteiger partial charge in [0.1, 0.15) is 5.82 Å². The normalized spacial score (nSPS) is 11.9. The van der Waals surface area contributed by atoms with E-state index in [0.29, 0.717) is 6.54 Å². The van der Waals surface area contributed by atoms with Crippen molar-refractivity contribution in [2.45, 2.75) is 26.4 Å². The lowest BCUT2D eigenvalue weighted by Gasteiger charge is -2.28. The molecule has 0 radical (unpaired) electrons. The standard InChI is InChI=1S/C17H18FNO/c1-13(16-6-4-3-5-7-16)19(14(2)20)12-15-8-10-17(18)11-9-15/h3-11,13H,12H2,1-2H3. The molecule has 2 nitrogen and oxygen atoms in total. The number of amides is 1. The zero-order chi connectivity index (χ0) is 14.5. The van der Waals surface area contributed by atoms with Crippen LogP contribution in [-0.2, 0) is 11.3 Å².